The van der Waals surface area contributed by atoms with Crippen LogP contribution in [0.2, 0.25) is 0 Å². The third-order valence-corrected chi connectivity index (χ3v) is 5.49. The maximum Gasteiger partial charge on any atom is 0.416 e. The number of hydrogen-bond donors (Lipinski definition) is 1. The fourth-order valence-corrected chi connectivity index (χ4v) is 3.60. The minimum Gasteiger partial charge on any atom is -0.478 e. The van der Waals surface area contributed by atoms with E-state index in [1.54, 1.807) is 12.2 Å². The number of allylic oxidation sites excluding steroid dienone is 5. The van der Waals surface area contributed by atoms with Gasteiger partial charge >= 0.3 is 18.3 Å². The predicted octanol–water partition coefficient (Wildman–Crippen LogP) is 7.16. The molecule has 11 heteroatoms. The van der Waals surface area contributed by atoms with Crippen molar-refractivity contribution in [3.8, 4) is 11.4 Å². The quantitative estimate of drug-likeness (QED) is 0.263. The first-order valence-corrected chi connectivity index (χ1v) is 11.0. The van der Waals surface area contributed by atoms with E-state index < -0.39 is 40.8 Å². The van der Waals surface area contributed by atoms with E-state index in [1.807, 2.05) is 26.0 Å². The Morgan fingerprint density at radius 3 is 2.31 bits per heavy atom. The van der Waals surface area contributed by atoms with Crippen LogP contribution in [0.25, 0.3) is 17.6 Å². The molecule has 3 rings (SSSR count). The van der Waals surface area contributed by atoms with Gasteiger partial charge in [-0.25, -0.2) is 14.5 Å². The Labute approximate surface area is 203 Å². The molecule has 0 spiro atoms. The Kier molecular flexibility index (Phi) is 7.90. The zero-order chi connectivity index (χ0) is 26.7. The van der Waals surface area contributed by atoms with Gasteiger partial charge < -0.3 is 5.11 Å². The molecule has 0 aliphatic heterocycles. The van der Waals surface area contributed by atoms with E-state index >= 15 is 0 Å². The van der Waals surface area contributed by atoms with Crippen molar-refractivity contribution in [2.24, 2.45) is 5.92 Å². The minimum absolute atomic E-state index is 0.0142. The molecule has 1 heterocycles. The zero-order valence-corrected chi connectivity index (χ0v) is 19.4. The van der Waals surface area contributed by atoms with Crippen molar-refractivity contribution in [3.05, 3.63) is 76.7 Å². The smallest absolute Gasteiger partial charge is 0.416 e. The van der Waals surface area contributed by atoms with Crippen LogP contribution in [0.1, 0.15) is 44.2 Å². The molecule has 0 radical (unpaired) electrons. The summed E-state index contributed by atoms with van der Waals surface area (Å²) < 4.78 is 80.2. The van der Waals surface area contributed by atoms with E-state index in [0.717, 1.165) is 22.8 Å². The highest BCUT2D eigenvalue weighted by molar-refractivity contribution is 5.96. The summed E-state index contributed by atoms with van der Waals surface area (Å²) >= 11 is 0. The van der Waals surface area contributed by atoms with Crippen LogP contribution in [0.15, 0.2) is 65.5 Å². The fourth-order valence-electron chi connectivity index (χ4n) is 3.60. The summed E-state index contributed by atoms with van der Waals surface area (Å²) in [5, 5.41) is 13.8. The summed E-state index contributed by atoms with van der Waals surface area (Å²) in [4.78, 5) is 15.9. The van der Waals surface area contributed by atoms with Gasteiger partial charge in [0.25, 0.3) is 0 Å². The van der Waals surface area contributed by atoms with Crippen molar-refractivity contribution in [1.82, 2.24) is 14.8 Å². The molecule has 0 saturated carbocycles. The molecule has 5 nitrogen and oxygen atoms in total. The number of halogens is 6. The number of alkyl halides is 6. The molecule has 36 heavy (non-hydrogen) atoms. The van der Waals surface area contributed by atoms with E-state index in [0.29, 0.717) is 37.0 Å². The minimum atomic E-state index is -5.02. The van der Waals surface area contributed by atoms with E-state index in [9.17, 15) is 36.2 Å². The SMILES string of the molecule is CCC1=CC(C(=Cn2cnc(-c3cc(C(F)(F)F)cc(C(F)(F)F)c3)n2)C(=O)O)=CC(C)CC=CC1. The summed E-state index contributed by atoms with van der Waals surface area (Å²) in [6, 6.07) is 1.05. The number of carbonyl (C=O) groups is 1. The largest absolute Gasteiger partial charge is 0.478 e. The molecule has 1 aliphatic carbocycles. The van der Waals surface area contributed by atoms with Crippen LogP contribution in [0.5, 0.6) is 0 Å². The van der Waals surface area contributed by atoms with Crippen molar-refractivity contribution in [1.29, 1.82) is 0 Å². The number of nitrogens with zero attached hydrogens (tertiary/aromatic N) is 3. The lowest BCUT2D eigenvalue weighted by Gasteiger charge is -2.13. The Bertz CT molecular complexity index is 1220. The molecular formula is C25H23F6N3O2. The normalized spacial score (nSPS) is 17.7. The molecule has 0 bridgehead atoms. The van der Waals surface area contributed by atoms with Gasteiger partial charge in [0, 0.05) is 11.8 Å². The molecule has 1 aromatic carbocycles. The molecular weight excluding hydrogens is 488 g/mol. The maximum atomic E-state index is 13.2. The summed E-state index contributed by atoms with van der Waals surface area (Å²) in [5.41, 5.74) is -2.24. The number of rotatable bonds is 5. The second kappa shape index (κ2) is 10.5. The van der Waals surface area contributed by atoms with Crippen molar-refractivity contribution in [2.45, 2.75) is 45.5 Å². The standard InChI is InChI=1S/C25H23F6N3O2/c1-3-16-7-5-4-6-15(2)8-17(9-16)21(23(35)36)13-34-14-32-22(33-34)18-10-19(24(26,27)28)12-20(11-18)25(29,30)31/h4-5,8-15H,3,6-7H2,1-2H3,(H,35,36). The first kappa shape index (κ1) is 27.0. The van der Waals surface area contributed by atoms with Crippen molar-refractivity contribution >= 4 is 12.2 Å². The number of aliphatic carboxylic acids is 1. The van der Waals surface area contributed by atoms with E-state index in [-0.39, 0.29) is 17.6 Å². The summed E-state index contributed by atoms with van der Waals surface area (Å²) in [5.74, 6) is -1.68. The van der Waals surface area contributed by atoms with Gasteiger partial charge in [-0.05, 0) is 49.0 Å². The molecule has 0 fully saturated rings. The second-order valence-electron chi connectivity index (χ2n) is 8.36. The van der Waals surface area contributed by atoms with Gasteiger partial charge in [0.15, 0.2) is 5.82 Å². The lowest BCUT2D eigenvalue weighted by Crippen LogP contribution is -2.11. The lowest BCUT2D eigenvalue weighted by molar-refractivity contribution is -0.143. The number of carboxylic acids is 1. The van der Waals surface area contributed by atoms with E-state index in [1.165, 1.54) is 0 Å². The summed E-state index contributed by atoms with van der Waals surface area (Å²) in [6.07, 6.45) is 1.75. The highest BCUT2D eigenvalue weighted by Crippen LogP contribution is 2.38. The molecule has 0 saturated heterocycles. The van der Waals surface area contributed by atoms with Gasteiger partial charge in [0.1, 0.15) is 6.33 Å². The highest BCUT2D eigenvalue weighted by atomic mass is 19.4. The Morgan fingerprint density at radius 2 is 1.75 bits per heavy atom. The zero-order valence-electron chi connectivity index (χ0n) is 19.4. The summed E-state index contributed by atoms with van der Waals surface area (Å²) in [6.45, 7) is 3.87. The average molecular weight is 511 g/mol. The van der Waals surface area contributed by atoms with Gasteiger partial charge in [0.05, 0.1) is 16.7 Å². The van der Waals surface area contributed by atoms with Crippen LogP contribution in [0.4, 0.5) is 26.3 Å². The van der Waals surface area contributed by atoms with E-state index in [4.69, 9.17) is 0 Å². The van der Waals surface area contributed by atoms with Crippen LogP contribution >= 0.6 is 0 Å². The molecule has 192 valence electrons. The van der Waals surface area contributed by atoms with Crippen LogP contribution in [0, 0.1) is 5.92 Å². The molecule has 1 unspecified atom stereocenters. The fraction of sp³-hybridized carbons (Fsp3) is 0.320. The van der Waals surface area contributed by atoms with Crippen molar-refractivity contribution in [2.75, 3.05) is 0 Å². The molecule has 2 aromatic rings. The van der Waals surface area contributed by atoms with Crippen LogP contribution in [-0.2, 0) is 17.1 Å². The van der Waals surface area contributed by atoms with Crippen molar-refractivity contribution in [3.63, 3.8) is 0 Å². The molecule has 1 N–H and O–H groups in total. The second-order valence-corrected chi connectivity index (χ2v) is 8.36. The highest BCUT2D eigenvalue weighted by Gasteiger charge is 2.37. The van der Waals surface area contributed by atoms with Gasteiger partial charge in [-0.1, -0.05) is 43.7 Å². The molecule has 0 amide bonds. The monoisotopic (exact) mass is 511 g/mol. The van der Waals surface area contributed by atoms with Gasteiger partial charge in [-0.2, -0.15) is 26.3 Å². The van der Waals surface area contributed by atoms with E-state index in [2.05, 4.69) is 10.1 Å². The van der Waals surface area contributed by atoms with Crippen LogP contribution in [-0.4, -0.2) is 25.8 Å². The van der Waals surface area contributed by atoms with Gasteiger partial charge in [0.2, 0.25) is 0 Å². The first-order chi connectivity index (χ1) is 16.8. The Hall–Kier alpha value is -3.63. The number of benzene rings is 1. The van der Waals surface area contributed by atoms with Crippen LogP contribution < -0.4 is 0 Å². The molecule has 1 aromatic heterocycles. The number of hydrogen-bond acceptors (Lipinski definition) is 3. The van der Waals surface area contributed by atoms with Crippen molar-refractivity contribution < 1.29 is 36.2 Å². The topological polar surface area (TPSA) is 68.0 Å². The lowest BCUT2D eigenvalue weighted by atomic mass is 9.97. The number of aromatic nitrogens is 3. The summed E-state index contributed by atoms with van der Waals surface area (Å²) in [7, 11) is 0. The molecule has 1 atom stereocenters. The van der Waals surface area contributed by atoms with Gasteiger partial charge in [-0.15, -0.1) is 5.10 Å². The number of carboxylic acid groups (broad SMARTS) is 1. The molecule has 1 aliphatic rings. The first-order valence-electron chi connectivity index (χ1n) is 11.0. The average Bonchev–Trinajstić information content (AvgIpc) is 3.28. The third kappa shape index (κ3) is 6.73. The van der Waals surface area contributed by atoms with Crippen LogP contribution in [0.3, 0.4) is 0 Å². The maximum absolute atomic E-state index is 13.2. The van der Waals surface area contributed by atoms with Gasteiger partial charge in [-0.3, -0.25) is 0 Å². The Balaban J connectivity index is 2.08. The predicted molar refractivity (Wildman–Crippen MR) is 121 cm³/mol. The third-order valence-electron chi connectivity index (χ3n) is 5.49. The Morgan fingerprint density at radius 1 is 1.11 bits per heavy atom.